The lowest BCUT2D eigenvalue weighted by atomic mass is 9.96. The first-order valence-electron chi connectivity index (χ1n) is 7.62. The summed E-state index contributed by atoms with van der Waals surface area (Å²) in [4.78, 5) is 27.7. The minimum absolute atomic E-state index is 0.00397. The van der Waals surface area contributed by atoms with Gasteiger partial charge in [-0.3, -0.25) is 4.79 Å². The van der Waals surface area contributed by atoms with Crippen LogP contribution in [0, 0.1) is 12.8 Å². The zero-order chi connectivity index (χ0) is 17.1. The number of anilines is 2. The molecule has 126 valence electrons. The molecule has 0 radical (unpaired) electrons. The summed E-state index contributed by atoms with van der Waals surface area (Å²) in [5, 5.41) is 2.92. The second-order valence-corrected chi connectivity index (χ2v) is 7.03. The van der Waals surface area contributed by atoms with Crippen molar-refractivity contribution in [1.82, 2.24) is 9.80 Å². The van der Waals surface area contributed by atoms with Gasteiger partial charge in [0.05, 0.1) is 11.4 Å². The van der Waals surface area contributed by atoms with E-state index in [1.807, 2.05) is 19.1 Å². The number of carbonyl (C=O) groups excluding carboxylic acids is 2. The highest BCUT2D eigenvalue weighted by atomic mass is 79.9. The number of halogens is 1. The number of hydrogen-bond donors (Lipinski definition) is 2. The minimum Gasteiger partial charge on any atom is -0.397 e. The van der Waals surface area contributed by atoms with E-state index in [4.69, 9.17) is 5.73 Å². The Morgan fingerprint density at radius 2 is 1.91 bits per heavy atom. The Hall–Kier alpha value is -1.76. The number of carbonyl (C=O) groups is 2. The average molecular weight is 383 g/mol. The Labute approximate surface area is 145 Å². The molecule has 7 heteroatoms. The first-order valence-corrected chi connectivity index (χ1v) is 8.41. The van der Waals surface area contributed by atoms with Gasteiger partial charge in [0.15, 0.2) is 0 Å². The van der Waals surface area contributed by atoms with E-state index in [-0.39, 0.29) is 17.9 Å². The molecule has 1 aliphatic heterocycles. The summed E-state index contributed by atoms with van der Waals surface area (Å²) >= 11 is 3.41. The highest BCUT2D eigenvalue weighted by Gasteiger charge is 2.28. The minimum atomic E-state index is -0.0973. The van der Waals surface area contributed by atoms with E-state index in [1.54, 1.807) is 23.9 Å². The number of nitrogens with zero attached hydrogens (tertiary/aromatic N) is 2. The number of likely N-dealkylation sites (tertiary alicyclic amines) is 1. The van der Waals surface area contributed by atoms with Crippen LogP contribution >= 0.6 is 15.9 Å². The number of nitrogens with one attached hydrogen (secondary N) is 1. The zero-order valence-electron chi connectivity index (χ0n) is 13.7. The molecular weight excluding hydrogens is 360 g/mol. The van der Waals surface area contributed by atoms with E-state index >= 15 is 0 Å². The maximum atomic E-state index is 12.5. The predicted molar refractivity (Wildman–Crippen MR) is 95.3 cm³/mol. The van der Waals surface area contributed by atoms with Crippen LogP contribution in [0.3, 0.4) is 0 Å². The third kappa shape index (κ3) is 4.16. The van der Waals surface area contributed by atoms with Crippen LogP contribution in [0.4, 0.5) is 16.2 Å². The standard InChI is InChI=1S/C16H23BrN4O2/c1-10-8-12(17)9-13(14(10)18)19-15(22)11-4-6-21(7-5-11)16(23)20(2)3/h8-9,11H,4-7,18H2,1-3H3,(H,19,22). The zero-order valence-corrected chi connectivity index (χ0v) is 15.3. The second-order valence-electron chi connectivity index (χ2n) is 6.11. The molecule has 0 saturated carbocycles. The van der Waals surface area contributed by atoms with Crippen LogP contribution in [-0.4, -0.2) is 48.9 Å². The van der Waals surface area contributed by atoms with Crippen LogP contribution in [0.5, 0.6) is 0 Å². The van der Waals surface area contributed by atoms with Gasteiger partial charge in [-0.1, -0.05) is 15.9 Å². The normalized spacial score (nSPS) is 15.4. The van der Waals surface area contributed by atoms with Crippen LogP contribution in [-0.2, 0) is 4.79 Å². The Morgan fingerprint density at radius 3 is 2.48 bits per heavy atom. The number of benzene rings is 1. The van der Waals surface area contributed by atoms with Crippen molar-refractivity contribution in [3.05, 3.63) is 22.2 Å². The Morgan fingerprint density at radius 1 is 1.30 bits per heavy atom. The third-order valence-corrected chi connectivity index (χ3v) is 4.59. The van der Waals surface area contributed by atoms with Crippen LogP contribution in [0.1, 0.15) is 18.4 Å². The molecule has 1 fully saturated rings. The number of piperidine rings is 1. The van der Waals surface area contributed by atoms with Gasteiger partial charge in [-0.05, 0) is 37.5 Å². The van der Waals surface area contributed by atoms with Gasteiger partial charge >= 0.3 is 6.03 Å². The van der Waals surface area contributed by atoms with Gasteiger partial charge in [0.25, 0.3) is 0 Å². The number of amides is 3. The molecule has 6 nitrogen and oxygen atoms in total. The van der Waals surface area contributed by atoms with Crippen LogP contribution in [0.2, 0.25) is 0 Å². The number of hydrogen-bond acceptors (Lipinski definition) is 3. The summed E-state index contributed by atoms with van der Waals surface area (Å²) in [6, 6.07) is 3.72. The van der Waals surface area contributed by atoms with E-state index in [9.17, 15) is 9.59 Å². The first-order chi connectivity index (χ1) is 10.8. The fourth-order valence-electron chi connectivity index (χ4n) is 2.71. The van der Waals surface area contributed by atoms with Crippen molar-refractivity contribution >= 4 is 39.2 Å². The molecule has 1 aromatic carbocycles. The molecule has 0 bridgehead atoms. The first kappa shape index (κ1) is 17.6. The molecule has 0 unspecified atom stereocenters. The topological polar surface area (TPSA) is 78.7 Å². The molecule has 1 aliphatic rings. The van der Waals surface area contributed by atoms with E-state index < -0.39 is 0 Å². The highest BCUT2D eigenvalue weighted by molar-refractivity contribution is 9.10. The quantitative estimate of drug-likeness (QED) is 0.771. The summed E-state index contributed by atoms with van der Waals surface area (Å²) < 4.78 is 0.880. The average Bonchev–Trinajstić information content (AvgIpc) is 2.51. The monoisotopic (exact) mass is 382 g/mol. The van der Waals surface area contributed by atoms with Crippen molar-refractivity contribution in [3.8, 4) is 0 Å². The molecule has 0 atom stereocenters. The summed E-state index contributed by atoms with van der Waals surface area (Å²) in [5.41, 5.74) is 8.17. The number of nitrogens with two attached hydrogens (primary N) is 1. The molecule has 1 saturated heterocycles. The van der Waals surface area contributed by atoms with E-state index in [1.165, 1.54) is 0 Å². The van der Waals surface area contributed by atoms with Crippen LogP contribution in [0.25, 0.3) is 0 Å². The molecule has 1 aromatic rings. The maximum absolute atomic E-state index is 12.5. The van der Waals surface area contributed by atoms with Crippen molar-refractivity contribution in [1.29, 1.82) is 0 Å². The predicted octanol–water partition coefficient (Wildman–Crippen LogP) is 2.67. The lowest BCUT2D eigenvalue weighted by Crippen LogP contribution is -2.45. The maximum Gasteiger partial charge on any atom is 0.319 e. The second kappa shape index (κ2) is 7.21. The largest absolute Gasteiger partial charge is 0.397 e. The Bertz CT molecular complexity index is 610. The summed E-state index contributed by atoms with van der Waals surface area (Å²) in [6.07, 6.45) is 1.33. The van der Waals surface area contributed by atoms with Gasteiger partial charge in [-0.25, -0.2) is 4.79 Å². The summed E-state index contributed by atoms with van der Waals surface area (Å²) in [6.45, 7) is 3.10. The summed E-state index contributed by atoms with van der Waals surface area (Å²) in [7, 11) is 3.47. The fraction of sp³-hybridized carbons (Fsp3) is 0.500. The van der Waals surface area contributed by atoms with E-state index in [2.05, 4.69) is 21.2 Å². The van der Waals surface area contributed by atoms with Crippen molar-refractivity contribution in [2.45, 2.75) is 19.8 Å². The highest BCUT2D eigenvalue weighted by Crippen LogP contribution is 2.29. The van der Waals surface area contributed by atoms with Gasteiger partial charge in [0.2, 0.25) is 5.91 Å². The Kier molecular flexibility index (Phi) is 5.51. The molecule has 3 amide bonds. The number of rotatable bonds is 2. The Balaban J connectivity index is 1.97. The molecule has 0 aromatic heterocycles. The smallest absolute Gasteiger partial charge is 0.319 e. The van der Waals surface area contributed by atoms with Gasteiger partial charge in [0.1, 0.15) is 0 Å². The lowest BCUT2D eigenvalue weighted by Gasteiger charge is -2.33. The summed E-state index contributed by atoms with van der Waals surface area (Å²) in [5.74, 6) is -0.133. The van der Waals surface area contributed by atoms with E-state index in [0.29, 0.717) is 37.3 Å². The van der Waals surface area contributed by atoms with Gasteiger partial charge in [0, 0.05) is 37.6 Å². The van der Waals surface area contributed by atoms with Crippen LogP contribution in [0.15, 0.2) is 16.6 Å². The molecular formula is C16H23BrN4O2. The molecule has 0 aliphatic carbocycles. The van der Waals surface area contributed by atoms with Crippen molar-refractivity contribution in [2.75, 3.05) is 38.2 Å². The van der Waals surface area contributed by atoms with Crippen LogP contribution < -0.4 is 11.1 Å². The number of nitrogen functional groups attached to an aromatic ring is 1. The molecule has 1 heterocycles. The van der Waals surface area contributed by atoms with Gasteiger partial charge < -0.3 is 20.9 Å². The van der Waals surface area contributed by atoms with Crippen molar-refractivity contribution in [2.24, 2.45) is 5.92 Å². The fourth-order valence-corrected chi connectivity index (χ4v) is 3.28. The SMILES string of the molecule is Cc1cc(Br)cc(NC(=O)C2CCN(C(=O)N(C)C)CC2)c1N. The van der Waals surface area contributed by atoms with Gasteiger partial charge in [-0.15, -0.1) is 0 Å². The van der Waals surface area contributed by atoms with Crippen molar-refractivity contribution in [3.63, 3.8) is 0 Å². The number of aryl methyl sites for hydroxylation is 1. The molecule has 2 rings (SSSR count). The van der Waals surface area contributed by atoms with Gasteiger partial charge in [-0.2, -0.15) is 0 Å². The van der Waals surface area contributed by atoms with Crippen molar-refractivity contribution < 1.29 is 9.59 Å². The number of urea groups is 1. The molecule has 3 N–H and O–H groups in total. The third-order valence-electron chi connectivity index (χ3n) is 4.13. The molecule has 0 spiro atoms. The molecule has 23 heavy (non-hydrogen) atoms. The van der Waals surface area contributed by atoms with E-state index in [0.717, 1.165) is 10.0 Å². The lowest BCUT2D eigenvalue weighted by molar-refractivity contribution is -0.121.